The first-order valence-electron chi connectivity index (χ1n) is 5.34. The molecule has 0 aliphatic heterocycles. The van der Waals surface area contributed by atoms with Crippen LogP contribution in [0.4, 0.5) is 4.79 Å². The molecule has 3 amide bonds. The normalized spacial score (nSPS) is 11.6. The fourth-order valence-corrected chi connectivity index (χ4v) is 1.16. The lowest BCUT2D eigenvalue weighted by Gasteiger charge is -2.19. The van der Waals surface area contributed by atoms with Crippen molar-refractivity contribution in [3.05, 3.63) is 0 Å². The summed E-state index contributed by atoms with van der Waals surface area (Å²) in [5.74, 6) is -1.97. The van der Waals surface area contributed by atoms with E-state index in [0.29, 0.717) is 13.0 Å². The molecule has 1 atom stereocenters. The Hall–Kier alpha value is -1.79. The second kappa shape index (κ2) is 7.48. The van der Waals surface area contributed by atoms with Gasteiger partial charge in [-0.05, 0) is 6.42 Å². The van der Waals surface area contributed by atoms with Crippen molar-refractivity contribution in [2.75, 3.05) is 20.1 Å². The number of urea groups is 1. The summed E-state index contributed by atoms with van der Waals surface area (Å²) in [5.41, 5.74) is 4.94. The van der Waals surface area contributed by atoms with E-state index in [2.05, 4.69) is 5.32 Å². The average Bonchev–Trinajstić information content (AvgIpc) is 2.23. The van der Waals surface area contributed by atoms with Crippen LogP contribution in [0.2, 0.25) is 0 Å². The molecule has 0 aromatic rings. The summed E-state index contributed by atoms with van der Waals surface area (Å²) >= 11 is 0. The fourth-order valence-electron chi connectivity index (χ4n) is 1.16. The van der Waals surface area contributed by atoms with Crippen molar-refractivity contribution in [2.24, 2.45) is 11.7 Å². The molecule has 0 aliphatic rings. The quantitative estimate of drug-likeness (QED) is 0.530. The van der Waals surface area contributed by atoms with Crippen LogP contribution in [-0.4, -0.2) is 48.1 Å². The zero-order valence-corrected chi connectivity index (χ0v) is 10.1. The van der Waals surface area contributed by atoms with E-state index in [4.69, 9.17) is 10.8 Å². The molecule has 0 spiro atoms. The predicted molar refractivity (Wildman–Crippen MR) is 61.3 cm³/mol. The number of carboxylic acid groups (broad SMARTS) is 1. The molecule has 0 rings (SSSR count). The smallest absolute Gasteiger partial charge is 0.317 e. The molecule has 0 fully saturated rings. The number of primary amides is 1. The standard InChI is InChI=1S/C10H19N3O4/c1-7(9(15)16)6-13(2)10(17)12-5-3-4-8(11)14/h7H,3-6H2,1-2H3,(H2,11,14)(H,12,17)(H,15,16). The molecule has 0 saturated heterocycles. The maximum atomic E-state index is 11.5. The largest absolute Gasteiger partial charge is 0.481 e. The van der Waals surface area contributed by atoms with E-state index in [1.165, 1.54) is 18.9 Å². The van der Waals surface area contributed by atoms with Crippen LogP contribution in [-0.2, 0) is 9.59 Å². The SMILES string of the molecule is CC(CN(C)C(=O)NCCCC(N)=O)C(=O)O. The predicted octanol–water partition coefficient (Wildman–Crippen LogP) is -0.386. The molecule has 17 heavy (non-hydrogen) atoms. The second-order valence-electron chi connectivity index (χ2n) is 3.92. The Morgan fingerprint density at radius 1 is 1.41 bits per heavy atom. The third-order valence-electron chi connectivity index (χ3n) is 2.19. The van der Waals surface area contributed by atoms with Gasteiger partial charge in [0.2, 0.25) is 5.91 Å². The van der Waals surface area contributed by atoms with E-state index in [0.717, 1.165) is 0 Å². The van der Waals surface area contributed by atoms with Gasteiger partial charge in [-0.15, -0.1) is 0 Å². The highest BCUT2D eigenvalue weighted by Crippen LogP contribution is 1.98. The number of hydrogen-bond acceptors (Lipinski definition) is 3. The molecule has 1 unspecified atom stereocenters. The van der Waals surface area contributed by atoms with Crippen LogP contribution in [0.15, 0.2) is 0 Å². The Morgan fingerprint density at radius 3 is 2.47 bits per heavy atom. The minimum Gasteiger partial charge on any atom is -0.481 e. The van der Waals surface area contributed by atoms with E-state index in [-0.39, 0.29) is 19.0 Å². The molecule has 98 valence electrons. The van der Waals surface area contributed by atoms with Gasteiger partial charge in [0.1, 0.15) is 0 Å². The molecule has 0 bridgehead atoms. The fraction of sp³-hybridized carbons (Fsp3) is 0.700. The minimum absolute atomic E-state index is 0.136. The number of carbonyl (C=O) groups excluding carboxylic acids is 2. The first kappa shape index (κ1) is 15.2. The highest BCUT2D eigenvalue weighted by Gasteiger charge is 2.16. The van der Waals surface area contributed by atoms with Crippen molar-refractivity contribution in [2.45, 2.75) is 19.8 Å². The summed E-state index contributed by atoms with van der Waals surface area (Å²) < 4.78 is 0. The van der Waals surface area contributed by atoms with Gasteiger partial charge in [0.15, 0.2) is 0 Å². The second-order valence-corrected chi connectivity index (χ2v) is 3.92. The zero-order chi connectivity index (χ0) is 13.4. The Labute approximate surface area is 100.0 Å². The lowest BCUT2D eigenvalue weighted by molar-refractivity contribution is -0.141. The Bertz CT molecular complexity index is 293. The molecule has 0 aliphatic carbocycles. The Balaban J connectivity index is 3.82. The highest BCUT2D eigenvalue weighted by molar-refractivity contribution is 5.76. The van der Waals surface area contributed by atoms with Crippen molar-refractivity contribution in [3.63, 3.8) is 0 Å². The number of rotatable bonds is 7. The molecule has 0 aromatic carbocycles. The van der Waals surface area contributed by atoms with Crippen molar-refractivity contribution in [1.29, 1.82) is 0 Å². The van der Waals surface area contributed by atoms with Crippen molar-refractivity contribution < 1.29 is 19.5 Å². The van der Waals surface area contributed by atoms with Crippen LogP contribution in [0.3, 0.4) is 0 Å². The molecule has 0 heterocycles. The van der Waals surface area contributed by atoms with Gasteiger partial charge in [-0.3, -0.25) is 9.59 Å². The van der Waals surface area contributed by atoms with Gasteiger partial charge < -0.3 is 21.1 Å². The van der Waals surface area contributed by atoms with Crippen molar-refractivity contribution in [1.82, 2.24) is 10.2 Å². The highest BCUT2D eigenvalue weighted by atomic mass is 16.4. The molecule has 0 saturated carbocycles. The van der Waals surface area contributed by atoms with Gasteiger partial charge in [0.05, 0.1) is 5.92 Å². The van der Waals surface area contributed by atoms with E-state index >= 15 is 0 Å². The van der Waals surface area contributed by atoms with E-state index in [1.54, 1.807) is 0 Å². The van der Waals surface area contributed by atoms with Crippen molar-refractivity contribution in [3.8, 4) is 0 Å². The Morgan fingerprint density at radius 2 is 2.00 bits per heavy atom. The molecule has 7 nitrogen and oxygen atoms in total. The summed E-state index contributed by atoms with van der Waals surface area (Å²) in [5, 5.41) is 11.2. The maximum Gasteiger partial charge on any atom is 0.317 e. The molecule has 0 aromatic heterocycles. The van der Waals surface area contributed by atoms with E-state index in [1.807, 2.05) is 0 Å². The first-order valence-corrected chi connectivity index (χ1v) is 5.34. The monoisotopic (exact) mass is 245 g/mol. The molecular weight excluding hydrogens is 226 g/mol. The lowest BCUT2D eigenvalue weighted by atomic mass is 10.2. The molecular formula is C10H19N3O4. The van der Waals surface area contributed by atoms with Crippen LogP contribution >= 0.6 is 0 Å². The van der Waals surface area contributed by atoms with Crippen LogP contribution in [0.1, 0.15) is 19.8 Å². The number of carbonyl (C=O) groups is 3. The van der Waals surface area contributed by atoms with Crippen LogP contribution in [0.25, 0.3) is 0 Å². The van der Waals surface area contributed by atoms with E-state index in [9.17, 15) is 14.4 Å². The number of amides is 3. The minimum atomic E-state index is -0.946. The number of hydrogen-bond donors (Lipinski definition) is 3. The van der Waals surface area contributed by atoms with E-state index < -0.39 is 17.8 Å². The van der Waals surface area contributed by atoms with Crippen LogP contribution in [0, 0.1) is 5.92 Å². The zero-order valence-electron chi connectivity index (χ0n) is 10.1. The summed E-state index contributed by atoms with van der Waals surface area (Å²) in [4.78, 5) is 33.8. The maximum absolute atomic E-state index is 11.5. The van der Waals surface area contributed by atoms with Gasteiger partial charge in [0, 0.05) is 26.6 Å². The third-order valence-corrected chi connectivity index (χ3v) is 2.19. The number of carboxylic acids is 1. The van der Waals surface area contributed by atoms with Gasteiger partial charge in [-0.1, -0.05) is 6.92 Å². The van der Waals surface area contributed by atoms with Crippen LogP contribution < -0.4 is 11.1 Å². The van der Waals surface area contributed by atoms with Crippen LogP contribution in [0.5, 0.6) is 0 Å². The summed E-state index contributed by atoms with van der Waals surface area (Å²) in [6.45, 7) is 2.00. The lowest BCUT2D eigenvalue weighted by Crippen LogP contribution is -2.41. The summed E-state index contributed by atoms with van der Waals surface area (Å²) in [7, 11) is 1.52. The van der Waals surface area contributed by atoms with Crippen molar-refractivity contribution >= 4 is 17.9 Å². The number of nitrogens with two attached hydrogens (primary N) is 1. The van der Waals surface area contributed by atoms with Gasteiger partial charge >= 0.3 is 12.0 Å². The summed E-state index contributed by atoms with van der Waals surface area (Å²) in [6, 6.07) is -0.359. The molecule has 0 radical (unpaired) electrons. The molecule has 4 N–H and O–H groups in total. The Kier molecular flexibility index (Phi) is 6.69. The average molecular weight is 245 g/mol. The number of nitrogens with zero attached hydrogens (tertiary/aromatic N) is 1. The first-order chi connectivity index (χ1) is 7.84. The van der Waals surface area contributed by atoms with Gasteiger partial charge in [-0.25, -0.2) is 4.79 Å². The van der Waals surface area contributed by atoms with Gasteiger partial charge in [0.25, 0.3) is 0 Å². The number of nitrogens with one attached hydrogen (secondary N) is 1. The molecule has 7 heteroatoms. The topological polar surface area (TPSA) is 113 Å². The van der Waals surface area contributed by atoms with Gasteiger partial charge in [-0.2, -0.15) is 0 Å². The number of aliphatic carboxylic acids is 1. The third kappa shape index (κ3) is 7.15. The summed E-state index contributed by atoms with van der Waals surface area (Å²) in [6.07, 6.45) is 0.693.